The molecule has 1 fully saturated rings. The molecule has 1 atom stereocenters. The maximum atomic E-state index is 12.9. The Morgan fingerprint density at radius 1 is 1.08 bits per heavy atom. The van der Waals surface area contributed by atoms with Crippen molar-refractivity contribution in [3.05, 3.63) is 71.9 Å². The third kappa shape index (κ3) is 3.05. The average molecular weight is 333 g/mol. The third-order valence-electron chi connectivity index (χ3n) is 4.58. The number of hydrogen-bond acceptors (Lipinski definition) is 4. The molecule has 1 saturated heterocycles. The second-order valence-electron chi connectivity index (χ2n) is 6.28. The molecule has 0 spiro atoms. The van der Waals surface area contributed by atoms with E-state index in [2.05, 4.69) is 22.3 Å². The van der Waals surface area contributed by atoms with E-state index in [1.54, 1.807) is 6.92 Å². The summed E-state index contributed by atoms with van der Waals surface area (Å²) in [6.45, 7) is 2.50. The molecule has 1 aromatic heterocycles. The van der Waals surface area contributed by atoms with Gasteiger partial charge in [-0.2, -0.15) is 4.98 Å². The predicted molar refractivity (Wildman–Crippen MR) is 93.9 cm³/mol. The van der Waals surface area contributed by atoms with Crippen LogP contribution < -0.4 is 0 Å². The van der Waals surface area contributed by atoms with E-state index in [0.29, 0.717) is 23.8 Å². The number of rotatable bonds is 3. The minimum atomic E-state index is -0.123. The Bertz CT molecular complexity index is 871. The average Bonchev–Trinajstić information content (AvgIpc) is 3.31. The summed E-state index contributed by atoms with van der Waals surface area (Å²) >= 11 is 0. The van der Waals surface area contributed by atoms with Crippen LogP contribution in [0.5, 0.6) is 0 Å². The first-order valence-electron chi connectivity index (χ1n) is 8.49. The summed E-state index contributed by atoms with van der Waals surface area (Å²) in [5.41, 5.74) is 2.92. The van der Waals surface area contributed by atoms with E-state index < -0.39 is 0 Å². The zero-order valence-electron chi connectivity index (χ0n) is 14.1. The Morgan fingerprint density at radius 3 is 2.48 bits per heavy atom. The van der Waals surface area contributed by atoms with Gasteiger partial charge in [0, 0.05) is 12.1 Å². The SMILES string of the molecule is Cc1noc(C2CCCN2C(=O)c2ccc(-c3ccccc3)cc2)n1. The molecule has 1 aliphatic heterocycles. The highest BCUT2D eigenvalue weighted by Crippen LogP contribution is 2.32. The van der Waals surface area contributed by atoms with Gasteiger partial charge < -0.3 is 9.42 Å². The summed E-state index contributed by atoms with van der Waals surface area (Å²) in [5.74, 6) is 1.14. The fourth-order valence-corrected chi connectivity index (χ4v) is 3.32. The summed E-state index contributed by atoms with van der Waals surface area (Å²) in [6, 6.07) is 17.8. The van der Waals surface area contributed by atoms with Crippen molar-refractivity contribution in [2.45, 2.75) is 25.8 Å². The summed E-state index contributed by atoms with van der Waals surface area (Å²) in [6.07, 6.45) is 1.80. The van der Waals surface area contributed by atoms with Crippen molar-refractivity contribution in [3.8, 4) is 11.1 Å². The lowest BCUT2D eigenvalue weighted by Crippen LogP contribution is -2.30. The zero-order chi connectivity index (χ0) is 17.2. The van der Waals surface area contributed by atoms with Crippen LogP contribution in [-0.2, 0) is 0 Å². The molecule has 0 bridgehead atoms. The van der Waals surface area contributed by atoms with Crippen LogP contribution in [0, 0.1) is 6.92 Å². The molecule has 2 aromatic carbocycles. The molecule has 1 amide bonds. The Balaban J connectivity index is 1.56. The van der Waals surface area contributed by atoms with Crippen LogP contribution >= 0.6 is 0 Å². The smallest absolute Gasteiger partial charge is 0.254 e. The van der Waals surface area contributed by atoms with Gasteiger partial charge in [-0.05, 0) is 43.0 Å². The van der Waals surface area contributed by atoms with E-state index in [4.69, 9.17) is 4.52 Å². The topological polar surface area (TPSA) is 59.2 Å². The maximum Gasteiger partial charge on any atom is 0.254 e. The van der Waals surface area contributed by atoms with Gasteiger partial charge in [0.15, 0.2) is 5.82 Å². The van der Waals surface area contributed by atoms with Gasteiger partial charge in [0.2, 0.25) is 5.89 Å². The molecular weight excluding hydrogens is 314 g/mol. The van der Waals surface area contributed by atoms with Gasteiger partial charge in [0.05, 0.1) is 0 Å². The monoisotopic (exact) mass is 333 g/mol. The van der Waals surface area contributed by atoms with Crippen molar-refractivity contribution in [1.29, 1.82) is 0 Å². The normalized spacial score (nSPS) is 17.0. The fraction of sp³-hybridized carbons (Fsp3) is 0.250. The van der Waals surface area contributed by atoms with E-state index in [1.165, 1.54) is 0 Å². The van der Waals surface area contributed by atoms with Gasteiger partial charge in [-0.3, -0.25) is 4.79 Å². The standard InChI is InChI=1S/C20H19N3O2/c1-14-21-19(25-22-14)18-8-5-13-23(18)20(24)17-11-9-16(10-12-17)15-6-3-2-4-7-15/h2-4,6-7,9-12,18H,5,8,13H2,1H3. The van der Waals surface area contributed by atoms with Gasteiger partial charge in [-0.25, -0.2) is 0 Å². The largest absolute Gasteiger partial charge is 0.337 e. The lowest BCUT2D eigenvalue weighted by Gasteiger charge is -2.22. The lowest BCUT2D eigenvalue weighted by atomic mass is 10.0. The Labute approximate surface area is 146 Å². The van der Waals surface area contributed by atoms with Crippen molar-refractivity contribution in [1.82, 2.24) is 15.0 Å². The van der Waals surface area contributed by atoms with Crippen molar-refractivity contribution in [2.75, 3.05) is 6.54 Å². The van der Waals surface area contributed by atoms with E-state index >= 15 is 0 Å². The van der Waals surface area contributed by atoms with Crippen molar-refractivity contribution in [2.24, 2.45) is 0 Å². The van der Waals surface area contributed by atoms with E-state index in [9.17, 15) is 4.79 Å². The molecule has 2 heterocycles. The Morgan fingerprint density at radius 2 is 1.80 bits per heavy atom. The first-order valence-corrected chi connectivity index (χ1v) is 8.49. The zero-order valence-corrected chi connectivity index (χ0v) is 14.1. The number of carbonyl (C=O) groups is 1. The molecule has 0 aliphatic carbocycles. The van der Waals surface area contributed by atoms with Crippen LogP contribution in [0.15, 0.2) is 59.1 Å². The van der Waals surface area contributed by atoms with Crippen molar-refractivity contribution in [3.63, 3.8) is 0 Å². The fourth-order valence-electron chi connectivity index (χ4n) is 3.32. The number of aromatic nitrogens is 2. The van der Waals surface area contributed by atoms with Gasteiger partial charge in [0.1, 0.15) is 6.04 Å². The Kier molecular flexibility index (Phi) is 4.06. The summed E-state index contributed by atoms with van der Waals surface area (Å²) in [4.78, 5) is 19.1. The highest BCUT2D eigenvalue weighted by molar-refractivity contribution is 5.95. The molecule has 0 saturated carbocycles. The molecule has 25 heavy (non-hydrogen) atoms. The molecule has 4 rings (SSSR count). The van der Waals surface area contributed by atoms with Crippen LogP contribution in [0.3, 0.4) is 0 Å². The third-order valence-corrected chi connectivity index (χ3v) is 4.58. The van der Waals surface area contributed by atoms with Crippen molar-refractivity contribution >= 4 is 5.91 Å². The summed E-state index contributed by atoms with van der Waals surface area (Å²) in [5, 5.41) is 3.85. The summed E-state index contributed by atoms with van der Waals surface area (Å²) < 4.78 is 5.29. The molecule has 0 radical (unpaired) electrons. The minimum absolute atomic E-state index is 0.0120. The van der Waals surface area contributed by atoms with E-state index in [-0.39, 0.29) is 11.9 Å². The number of likely N-dealkylation sites (tertiary alicyclic amines) is 1. The van der Waals surface area contributed by atoms with Crippen LogP contribution in [0.25, 0.3) is 11.1 Å². The molecule has 5 nitrogen and oxygen atoms in total. The highest BCUT2D eigenvalue weighted by Gasteiger charge is 2.34. The van der Waals surface area contributed by atoms with Gasteiger partial charge in [0.25, 0.3) is 5.91 Å². The number of benzene rings is 2. The van der Waals surface area contributed by atoms with Crippen molar-refractivity contribution < 1.29 is 9.32 Å². The molecule has 1 aliphatic rings. The number of hydrogen-bond donors (Lipinski definition) is 0. The lowest BCUT2D eigenvalue weighted by molar-refractivity contribution is 0.0710. The minimum Gasteiger partial charge on any atom is -0.337 e. The first-order chi connectivity index (χ1) is 12.2. The van der Waals surface area contributed by atoms with Gasteiger partial charge >= 0.3 is 0 Å². The maximum absolute atomic E-state index is 12.9. The first kappa shape index (κ1) is 15.6. The number of aryl methyl sites for hydroxylation is 1. The van der Waals surface area contributed by atoms with Crippen LogP contribution in [0.1, 0.15) is 41.0 Å². The quantitative estimate of drug-likeness (QED) is 0.726. The molecule has 1 unspecified atom stereocenters. The number of nitrogens with zero attached hydrogens (tertiary/aromatic N) is 3. The molecule has 3 aromatic rings. The predicted octanol–water partition coefficient (Wildman–Crippen LogP) is 4.02. The Hall–Kier alpha value is -2.95. The van der Waals surface area contributed by atoms with Gasteiger partial charge in [-0.1, -0.05) is 47.6 Å². The van der Waals surface area contributed by atoms with E-state index in [0.717, 1.165) is 24.0 Å². The van der Waals surface area contributed by atoms with Crippen LogP contribution in [-0.4, -0.2) is 27.5 Å². The van der Waals surface area contributed by atoms with E-state index in [1.807, 2.05) is 47.4 Å². The molecular formula is C20H19N3O2. The second kappa shape index (κ2) is 6.51. The highest BCUT2D eigenvalue weighted by atomic mass is 16.5. The second-order valence-corrected chi connectivity index (χ2v) is 6.28. The van der Waals surface area contributed by atoms with Gasteiger partial charge in [-0.15, -0.1) is 0 Å². The van der Waals surface area contributed by atoms with Crippen LogP contribution in [0.4, 0.5) is 0 Å². The molecule has 0 N–H and O–H groups in total. The number of amides is 1. The number of carbonyl (C=O) groups excluding carboxylic acids is 1. The summed E-state index contributed by atoms with van der Waals surface area (Å²) in [7, 11) is 0. The van der Waals surface area contributed by atoms with Crippen LogP contribution in [0.2, 0.25) is 0 Å². The molecule has 5 heteroatoms. The molecule has 126 valence electrons.